The van der Waals surface area contributed by atoms with Gasteiger partial charge in [-0.2, -0.15) is 0 Å². The first-order valence-corrected chi connectivity index (χ1v) is 15.6. The van der Waals surface area contributed by atoms with Crippen LogP contribution in [-0.4, -0.2) is 82.2 Å². The summed E-state index contributed by atoms with van der Waals surface area (Å²) in [5, 5.41) is 11.1. The van der Waals surface area contributed by atoms with Crippen LogP contribution < -0.4 is 4.90 Å². The van der Waals surface area contributed by atoms with Crippen molar-refractivity contribution in [1.29, 1.82) is 0 Å². The summed E-state index contributed by atoms with van der Waals surface area (Å²) in [6.45, 7) is 18.2. The highest BCUT2D eigenvalue weighted by Gasteiger charge is 2.79. The van der Waals surface area contributed by atoms with Crippen molar-refractivity contribution in [1.82, 2.24) is 9.80 Å². The molecule has 0 aliphatic carbocycles. The Morgan fingerprint density at radius 1 is 1.21 bits per heavy atom. The molecule has 1 spiro atoms. The average Bonchev–Trinajstić information content (AvgIpc) is 3.52. The Morgan fingerprint density at radius 2 is 1.90 bits per heavy atom. The number of fused-ring (bicyclic) bond motifs is 1. The van der Waals surface area contributed by atoms with Gasteiger partial charge in [0.2, 0.25) is 11.8 Å². The minimum Gasteiger partial charge on any atom is -0.394 e. The molecule has 2 unspecified atom stereocenters. The van der Waals surface area contributed by atoms with Gasteiger partial charge >= 0.3 is 0 Å². The largest absolute Gasteiger partial charge is 0.394 e. The van der Waals surface area contributed by atoms with Crippen LogP contribution in [0.5, 0.6) is 0 Å². The van der Waals surface area contributed by atoms with Crippen LogP contribution in [-0.2, 0) is 19.1 Å². The number of carbonyl (C=O) groups is 3. The molecule has 230 valence electrons. The molecule has 9 heteroatoms. The van der Waals surface area contributed by atoms with E-state index in [0.717, 1.165) is 12.0 Å². The van der Waals surface area contributed by atoms with Gasteiger partial charge in [-0.3, -0.25) is 14.4 Å². The van der Waals surface area contributed by atoms with Crippen molar-refractivity contribution < 1.29 is 24.2 Å². The van der Waals surface area contributed by atoms with E-state index in [1.54, 1.807) is 32.9 Å². The minimum atomic E-state index is -1.22. The van der Waals surface area contributed by atoms with Crippen molar-refractivity contribution in [3.8, 4) is 0 Å². The number of hydrogen-bond donors (Lipinski definition) is 1. The lowest BCUT2D eigenvalue weighted by molar-refractivity contribution is -0.153. The monoisotopic (exact) mass is 599 g/mol. The zero-order valence-electron chi connectivity index (χ0n) is 25.6. The first-order chi connectivity index (χ1) is 20.0. The van der Waals surface area contributed by atoms with Gasteiger partial charge < -0.3 is 24.5 Å². The summed E-state index contributed by atoms with van der Waals surface area (Å²) < 4.78 is 6.85. The summed E-state index contributed by atoms with van der Waals surface area (Å²) >= 11 is 6.67. The molecular weight excluding hydrogens is 554 g/mol. The van der Waals surface area contributed by atoms with Crippen molar-refractivity contribution in [2.45, 2.75) is 83.6 Å². The predicted molar refractivity (Wildman–Crippen MR) is 165 cm³/mol. The third-order valence-corrected chi connectivity index (χ3v) is 10.1. The quantitative estimate of drug-likeness (QED) is 0.330. The van der Waals surface area contributed by atoms with E-state index in [1.165, 1.54) is 0 Å². The van der Waals surface area contributed by atoms with E-state index in [-0.39, 0.29) is 36.8 Å². The average molecular weight is 600 g/mol. The van der Waals surface area contributed by atoms with Crippen molar-refractivity contribution in [3.63, 3.8) is 0 Å². The summed E-state index contributed by atoms with van der Waals surface area (Å²) in [6.07, 6.45) is 5.77. The molecule has 1 N–H and O–H groups in total. The molecule has 3 aliphatic rings. The second-order valence-corrected chi connectivity index (χ2v) is 12.7. The Hall–Kier alpha value is -2.68. The maximum Gasteiger partial charge on any atom is 0.253 e. The first kappa shape index (κ1) is 32.2. The third-order valence-electron chi connectivity index (χ3n) is 9.75. The molecule has 42 heavy (non-hydrogen) atoms. The number of hydrogen-bond acceptors (Lipinski definition) is 5. The zero-order valence-corrected chi connectivity index (χ0v) is 26.4. The van der Waals surface area contributed by atoms with Crippen LogP contribution in [0.15, 0.2) is 43.5 Å². The third kappa shape index (κ3) is 4.99. The lowest BCUT2D eigenvalue weighted by atomic mass is 9.66. The Labute approximate surface area is 255 Å². The van der Waals surface area contributed by atoms with Crippen LogP contribution in [0.4, 0.5) is 5.69 Å². The molecule has 0 aromatic heterocycles. The maximum absolute atomic E-state index is 14.9. The summed E-state index contributed by atoms with van der Waals surface area (Å²) in [4.78, 5) is 48.7. The molecule has 0 radical (unpaired) electrons. The van der Waals surface area contributed by atoms with Gasteiger partial charge in [-0.25, -0.2) is 0 Å². The zero-order chi connectivity index (χ0) is 31.0. The molecule has 1 aromatic carbocycles. The van der Waals surface area contributed by atoms with E-state index >= 15 is 0 Å². The van der Waals surface area contributed by atoms with Crippen LogP contribution in [0.1, 0.15) is 58.9 Å². The van der Waals surface area contributed by atoms with Crippen molar-refractivity contribution in [2.24, 2.45) is 17.8 Å². The van der Waals surface area contributed by atoms with Gasteiger partial charge in [0.1, 0.15) is 11.6 Å². The topological polar surface area (TPSA) is 90.4 Å². The van der Waals surface area contributed by atoms with E-state index in [2.05, 4.69) is 13.2 Å². The number of aliphatic hydroxyl groups is 1. The summed E-state index contributed by atoms with van der Waals surface area (Å²) in [5.41, 5.74) is -0.763. The van der Waals surface area contributed by atoms with Gasteiger partial charge in [-0.1, -0.05) is 63.1 Å². The second-order valence-electron chi connectivity index (χ2n) is 12.3. The number of ether oxygens (including phenoxy) is 1. The molecule has 1 aromatic rings. The Balaban J connectivity index is 1.90. The van der Waals surface area contributed by atoms with Crippen LogP contribution >= 0.6 is 11.6 Å². The molecule has 2 bridgehead atoms. The molecule has 3 fully saturated rings. The Kier molecular flexibility index (Phi) is 9.60. The van der Waals surface area contributed by atoms with Crippen molar-refractivity contribution in [2.75, 3.05) is 31.1 Å². The van der Waals surface area contributed by atoms with Gasteiger partial charge in [-0.05, 0) is 50.7 Å². The fourth-order valence-electron chi connectivity index (χ4n) is 7.64. The number of rotatable bonds is 13. The molecular formula is C33H46ClN3O5. The number of halogens is 1. The van der Waals surface area contributed by atoms with Gasteiger partial charge in [0.15, 0.2) is 0 Å². The minimum absolute atomic E-state index is 0.0984. The fourth-order valence-corrected chi connectivity index (χ4v) is 7.96. The first-order valence-electron chi connectivity index (χ1n) is 15.2. The number of amides is 3. The highest BCUT2D eigenvalue weighted by molar-refractivity contribution is 6.34. The number of likely N-dealkylation sites (tertiary alicyclic amines) is 1. The van der Waals surface area contributed by atoms with E-state index in [0.29, 0.717) is 43.1 Å². The summed E-state index contributed by atoms with van der Waals surface area (Å²) in [5.74, 6) is -2.51. The number of benzene rings is 1. The number of nitrogens with zero attached hydrogens (tertiary/aromatic N) is 3. The number of anilines is 1. The fraction of sp³-hybridized carbons (Fsp3) is 0.606. The van der Waals surface area contributed by atoms with Gasteiger partial charge in [0.25, 0.3) is 5.91 Å². The standard InChI is InChI=1S/C33H46ClN3O5/c1-8-17-35(18-9-2)29(39)25-26-30(40)37(24(20-38)21(5)11-4)28(33(26)16-15-32(25,7)42-33)31(41)36(19-10-3)27-22(6)13-12-14-23(27)34/h8,10,12-14,21,24-26,28,38H,1,3,9,11,15-20H2,2,4-7H3/t21-,24-,25+,26-,28?,32-,33?/m0/s1. The predicted octanol–water partition coefficient (Wildman–Crippen LogP) is 4.76. The molecule has 4 rings (SSSR count). The van der Waals surface area contributed by atoms with Gasteiger partial charge in [0.05, 0.1) is 40.8 Å². The lowest BCUT2D eigenvalue weighted by Crippen LogP contribution is -2.60. The van der Waals surface area contributed by atoms with E-state index < -0.39 is 35.1 Å². The molecule has 3 heterocycles. The van der Waals surface area contributed by atoms with Crippen LogP contribution in [0.25, 0.3) is 0 Å². The van der Waals surface area contributed by atoms with Crippen LogP contribution in [0, 0.1) is 24.7 Å². The molecule has 3 aliphatic heterocycles. The number of carbonyl (C=O) groups excluding carboxylic acids is 3. The molecule has 3 saturated heterocycles. The maximum atomic E-state index is 14.9. The van der Waals surface area contributed by atoms with Crippen molar-refractivity contribution >= 4 is 35.0 Å². The molecule has 7 atom stereocenters. The highest BCUT2D eigenvalue weighted by atomic mass is 35.5. The SMILES string of the molecule is C=CCN(CCC)C(=O)[C@H]1[C@H]2C(=O)N([C@@H](CO)[C@@H](C)CC)C(C(=O)N(CC=C)c3c(C)cccc3Cl)C23CC[C@]1(C)O3. The number of aliphatic hydroxyl groups excluding tert-OH is 1. The number of aryl methyl sites for hydroxylation is 1. The second kappa shape index (κ2) is 12.5. The summed E-state index contributed by atoms with van der Waals surface area (Å²) in [7, 11) is 0. The van der Waals surface area contributed by atoms with Crippen molar-refractivity contribution in [3.05, 3.63) is 54.1 Å². The molecule has 0 saturated carbocycles. The lowest BCUT2D eigenvalue weighted by Gasteiger charge is -2.41. The Morgan fingerprint density at radius 3 is 2.48 bits per heavy atom. The van der Waals surface area contributed by atoms with E-state index in [9.17, 15) is 19.5 Å². The van der Waals surface area contributed by atoms with Gasteiger partial charge in [-0.15, -0.1) is 13.2 Å². The molecule has 3 amide bonds. The van der Waals surface area contributed by atoms with E-state index in [4.69, 9.17) is 16.3 Å². The van der Waals surface area contributed by atoms with E-state index in [1.807, 2.05) is 46.8 Å². The van der Waals surface area contributed by atoms with Crippen LogP contribution in [0.3, 0.4) is 0 Å². The number of para-hydroxylation sites is 1. The smallest absolute Gasteiger partial charge is 0.253 e. The molecule has 8 nitrogen and oxygen atoms in total. The highest BCUT2D eigenvalue weighted by Crippen LogP contribution is 2.64. The summed E-state index contributed by atoms with van der Waals surface area (Å²) in [6, 6.07) is 3.77. The van der Waals surface area contributed by atoms with Crippen LogP contribution in [0.2, 0.25) is 5.02 Å². The van der Waals surface area contributed by atoms with Gasteiger partial charge in [0, 0.05) is 19.6 Å². The Bertz CT molecular complexity index is 1220. The normalized spacial score (nSPS) is 29.3.